The number of aliphatic hydroxyl groups excluding tert-OH is 1. The van der Waals surface area contributed by atoms with Gasteiger partial charge in [0.15, 0.2) is 0 Å². The number of hydrogen-bond donors (Lipinski definition) is 4. The van der Waals surface area contributed by atoms with Crippen molar-refractivity contribution in [2.24, 2.45) is 0 Å². The van der Waals surface area contributed by atoms with Crippen molar-refractivity contribution in [2.75, 3.05) is 12.4 Å². The Morgan fingerprint density at radius 1 is 1.62 bits per heavy atom. The van der Waals surface area contributed by atoms with Gasteiger partial charge in [-0.15, -0.1) is 0 Å². The largest absolute Gasteiger partial charge is 0.488 e. The fourth-order valence-corrected chi connectivity index (χ4v) is 1.10. The topological polar surface area (TPSA) is 112 Å². The summed E-state index contributed by atoms with van der Waals surface area (Å²) in [5, 5.41) is 29.2. The molecule has 4 N–H and O–H groups in total. The average Bonchev–Trinajstić information content (AvgIpc) is 2.28. The number of rotatable bonds is 3. The molecule has 0 saturated carbocycles. The van der Waals surface area contributed by atoms with E-state index in [1.165, 1.54) is 19.4 Å². The maximum absolute atomic E-state index is 10.9. The summed E-state index contributed by atoms with van der Waals surface area (Å²) in [6, 6.07) is 1.24. The van der Waals surface area contributed by atoms with Crippen LogP contribution in [0.15, 0.2) is 12.3 Å². The minimum atomic E-state index is -1.75. The van der Waals surface area contributed by atoms with Crippen molar-refractivity contribution in [3.63, 3.8) is 0 Å². The number of aliphatic hydroxyl groups is 1. The Kier molecular flexibility index (Phi) is 4.23. The lowest BCUT2D eigenvalue weighted by atomic mass is 9.78. The predicted octanol–water partition coefficient (Wildman–Crippen LogP) is -1.57. The molecule has 0 unspecified atom stereocenters. The van der Waals surface area contributed by atoms with Crippen LogP contribution in [-0.2, 0) is 11.3 Å². The third-order valence-corrected chi connectivity index (χ3v) is 1.89. The number of ether oxygens (including phenoxy) is 1. The molecule has 0 fully saturated rings. The fraction of sp³-hybridized carbons (Fsp3) is 0.250. The van der Waals surface area contributed by atoms with Gasteiger partial charge in [0.05, 0.1) is 13.7 Å². The normalized spacial score (nSPS) is 9.75. The quantitative estimate of drug-likeness (QED) is 0.463. The standard InChI is InChI=1S/C8H11BN2O5/c1-16-8(13)11-7-2-6(9(14)15)5(4-12)3-10-7/h2-3,12,14-15H,4H2,1H3,(H,10,11,13). The van der Waals surface area contributed by atoms with Crippen LogP contribution in [0.2, 0.25) is 0 Å². The average molecular weight is 226 g/mol. The highest BCUT2D eigenvalue weighted by Crippen LogP contribution is 2.04. The number of carbonyl (C=O) groups excluding carboxylic acids is 1. The van der Waals surface area contributed by atoms with Crippen molar-refractivity contribution < 1.29 is 24.7 Å². The van der Waals surface area contributed by atoms with Gasteiger partial charge < -0.3 is 19.9 Å². The molecule has 86 valence electrons. The number of amides is 1. The summed E-state index contributed by atoms with van der Waals surface area (Å²) < 4.78 is 4.35. The maximum atomic E-state index is 10.9. The molecule has 8 heteroatoms. The van der Waals surface area contributed by atoms with Crippen LogP contribution in [-0.4, -0.2) is 40.5 Å². The molecule has 0 spiro atoms. The smallest absolute Gasteiger partial charge is 0.453 e. The molecule has 7 nitrogen and oxygen atoms in total. The number of hydrogen-bond acceptors (Lipinski definition) is 6. The maximum Gasteiger partial charge on any atom is 0.488 e. The van der Waals surface area contributed by atoms with Gasteiger partial charge in [-0.25, -0.2) is 9.78 Å². The van der Waals surface area contributed by atoms with Crippen molar-refractivity contribution in [1.29, 1.82) is 0 Å². The van der Waals surface area contributed by atoms with Gasteiger partial charge >= 0.3 is 13.2 Å². The highest BCUT2D eigenvalue weighted by Gasteiger charge is 2.17. The monoisotopic (exact) mass is 226 g/mol. The van der Waals surface area contributed by atoms with Gasteiger partial charge in [0.2, 0.25) is 0 Å². The van der Waals surface area contributed by atoms with Crippen molar-refractivity contribution in [3.8, 4) is 0 Å². The van der Waals surface area contributed by atoms with E-state index in [0.29, 0.717) is 0 Å². The van der Waals surface area contributed by atoms with Gasteiger partial charge in [-0.1, -0.05) is 0 Å². The Bertz CT molecular complexity index is 385. The Morgan fingerprint density at radius 3 is 2.81 bits per heavy atom. The Hall–Kier alpha value is -1.64. The number of pyridine rings is 1. The third-order valence-electron chi connectivity index (χ3n) is 1.89. The summed E-state index contributed by atoms with van der Waals surface area (Å²) in [5.41, 5.74) is 0.342. The molecule has 0 radical (unpaired) electrons. The number of nitrogens with one attached hydrogen (secondary N) is 1. The van der Waals surface area contributed by atoms with Gasteiger partial charge in [0, 0.05) is 6.20 Å². The van der Waals surface area contributed by atoms with E-state index in [9.17, 15) is 4.79 Å². The summed E-state index contributed by atoms with van der Waals surface area (Å²) >= 11 is 0. The van der Waals surface area contributed by atoms with E-state index in [1.807, 2.05) is 0 Å². The van der Waals surface area contributed by atoms with Crippen LogP contribution >= 0.6 is 0 Å². The summed E-state index contributed by atoms with van der Waals surface area (Å²) in [7, 11) is -0.553. The predicted molar refractivity (Wildman–Crippen MR) is 56.0 cm³/mol. The SMILES string of the molecule is COC(=O)Nc1cc(B(O)O)c(CO)cn1. The van der Waals surface area contributed by atoms with Crippen LogP contribution in [0.4, 0.5) is 10.6 Å². The number of carbonyl (C=O) groups is 1. The van der Waals surface area contributed by atoms with Crippen LogP contribution in [0.3, 0.4) is 0 Å². The van der Waals surface area contributed by atoms with E-state index in [4.69, 9.17) is 15.2 Å². The van der Waals surface area contributed by atoms with Gasteiger partial charge in [-0.05, 0) is 17.1 Å². The van der Waals surface area contributed by atoms with Crippen molar-refractivity contribution >= 4 is 24.5 Å². The first-order chi connectivity index (χ1) is 7.58. The van der Waals surface area contributed by atoms with Crippen LogP contribution in [0.5, 0.6) is 0 Å². The van der Waals surface area contributed by atoms with Crippen molar-refractivity contribution in [2.45, 2.75) is 6.61 Å². The number of methoxy groups -OCH3 is 1. The molecule has 0 atom stereocenters. The van der Waals surface area contributed by atoms with Crippen LogP contribution in [0, 0.1) is 0 Å². The molecule has 0 aliphatic rings. The molecule has 1 aromatic rings. The second-order valence-corrected chi connectivity index (χ2v) is 2.92. The zero-order valence-electron chi connectivity index (χ0n) is 8.54. The minimum absolute atomic E-state index is 0.0731. The summed E-state index contributed by atoms with van der Waals surface area (Å²) in [4.78, 5) is 14.7. The lowest BCUT2D eigenvalue weighted by Crippen LogP contribution is -2.34. The highest BCUT2D eigenvalue weighted by atomic mass is 16.5. The van der Waals surface area contributed by atoms with E-state index < -0.39 is 13.2 Å². The van der Waals surface area contributed by atoms with Crippen LogP contribution in [0.1, 0.15) is 5.56 Å². The molecule has 1 rings (SSSR count). The molecule has 1 aromatic heterocycles. The lowest BCUT2D eigenvalue weighted by molar-refractivity contribution is 0.187. The van der Waals surface area contributed by atoms with E-state index in [0.717, 1.165) is 0 Å². The first-order valence-corrected chi connectivity index (χ1v) is 4.39. The number of aromatic nitrogens is 1. The number of nitrogens with zero attached hydrogens (tertiary/aromatic N) is 1. The third kappa shape index (κ3) is 2.93. The van der Waals surface area contributed by atoms with Crippen LogP contribution < -0.4 is 10.8 Å². The minimum Gasteiger partial charge on any atom is -0.453 e. The fourth-order valence-electron chi connectivity index (χ4n) is 1.10. The van der Waals surface area contributed by atoms with Crippen molar-refractivity contribution in [3.05, 3.63) is 17.8 Å². The summed E-state index contributed by atoms with van der Waals surface area (Å²) in [6.07, 6.45) is 0.516. The molecular weight excluding hydrogens is 215 g/mol. The number of anilines is 1. The van der Waals surface area contributed by atoms with E-state index in [-0.39, 0.29) is 23.5 Å². The Labute approximate surface area is 91.8 Å². The molecule has 16 heavy (non-hydrogen) atoms. The summed E-state index contributed by atoms with van der Waals surface area (Å²) in [5.74, 6) is 0.104. The molecular formula is C8H11BN2O5. The molecule has 1 amide bonds. The highest BCUT2D eigenvalue weighted by molar-refractivity contribution is 6.59. The molecule has 0 aromatic carbocycles. The molecule has 0 aliphatic carbocycles. The van der Waals surface area contributed by atoms with Gasteiger partial charge in [-0.2, -0.15) is 0 Å². The van der Waals surface area contributed by atoms with E-state index in [1.54, 1.807) is 0 Å². The van der Waals surface area contributed by atoms with Crippen LogP contribution in [0.25, 0.3) is 0 Å². The Balaban J connectivity index is 2.97. The second kappa shape index (κ2) is 5.45. The first kappa shape index (κ1) is 12.4. The van der Waals surface area contributed by atoms with Gasteiger partial charge in [0.1, 0.15) is 5.82 Å². The van der Waals surface area contributed by atoms with Gasteiger partial charge in [-0.3, -0.25) is 5.32 Å². The zero-order valence-corrected chi connectivity index (χ0v) is 8.54. The zero-order chi connectivity index (χ0) is 12.1. The van der Waals surface area contributed by atoms with E-state index >= 15 is 0 Å². The summed E-state index contributed by atoms with van der Waals surface area (Å²) in [6.45, 7) is -0.377. The second-order valence-electron chi connectivity index (χ2n) is 2.92. The molecule has 1 heterocycles. The van der Waals surface area contributed by atoms with E-state index in [2.05, 4.69) is 15.0 Å². The molecule has 0 bridgehead atoms. The molecule has 0 saturated heterocycles. The Morgan fingerprint density at radius 2 is 2.31 bits per heavy atom. The van der Waals surface area contributed by atoms with Gasteiger partial charge in [0.25, 0.3) is 0 Å². The lowest BCUT2D eigenvalue weighted by Gasteiger charge is -2.08. The molecule has 0 aliphatic heterocycles. The first-order valence-electron chi connectivity index (χ1n) is 4.39. The van der Waals surface area contributed by atoms with Crippen molar-refractivity contribution in [1.82, 2.24) is 4.98 Å².